The summed E-state index contributed by atoms with van der Waals surface area (Å²) in [4.78, 5) is 16.2. The summed E-state index contributed by atoms with van der Waals surface area (Å²) >= 11 is 0. The number of halogens is 4. The third-order valence-corrected chi connectivity index (χ3v) is 4.36. The lowest BCUT2D eigenvalue weighted by Gasteiger charge is -2.14. The van der Waals surface area contributed by atoms with Crippen molar-refractivity contribution in [2.45, 2.75) is 6.18 Å². The first kappa shape index (κ1) is 24.7. The van der Waals surface area contributed by atoms with Gasteiger partial charge < -0.3 is 19.5 Å². The predicted molar refractivity (Wildman–Crippen MR) is 117 cm³/mol. The molecule has 1 amide bonds. The van der Waals surface area contributed by atoms with Crippen LogP contribution in [-0.4, -0.2) is 31.2 Å². The largest absolute Gasteiger partial charge is 0.489 e. The molecule has 10 heteroatoms. The second kappa shape index (κ2) is 11.3. The van der Waals surface area contributed by atoms with Crippen LogP contribution in [0.3, 0.4) is 0 Å². The minimum atomic E-state index is -4.60. The van der Waals surface area contributed by atoms with Crippen LogP contribution in [0.1, 0.15) is 11.1 Å². The van der Waals surface area contributed by atoms with Crippen LogP contribution in [0.25, 0.3) is 6.08 Å². The number of rotatable bonds is 9. The van der Waals surface area contributed by atoms with Crippen LogP contribution in [0.4, 0.5) is 23.2 Å². The van der Waals surface area contributed by atoms with Crippen LogP contribution in [0, 0.1) is 5.82 Å². The van der Waals surface area contributed by atoms with Crippen molar-refractivity contribution in [2.24, 2.45) is 0 Å². The molecule has 1 N–H and O–H groups in total. The maximum atomic E-state index is 14.4. The zero-order valence-electron chi connectivity index (χ0n) is 17.9. The van der Waals surface area contributed by atoms with E-state index in [1.165, 1.54) is 31.5 Å². The van der Waals surface area contributed by atoms with Crippen LogP contribution >= 0.6 is 0 Å². The fourth-order valence-corrected chi connectivity index (χ4v) is 2.75. The van der Waals surface area contributed by atoms with Crippen LogP contribution in [0.15, 0.2) is 67.0 Å². The Bertz CT molecular complexity index is 1150. The van der Waals surface area contributed by atoms with E-state index in [9.17, 15) is 22.4 Å². The average molecular weight is 476 g/mol. The lowest BCUT2D eigenvalue weighted by molar-refractivity contribution is -0.137. The quantitative estimate of drug-likeness (QED) is 0.243. The number of anilines is 1. The molecule has 0 saturated heterocycles. The Morgan fingerprint density at radius 3 is 2.56 bits per heavy atom. The van der Waals surface area contributed by atoms with Crippen LogP contribution in [-0.2, 0) is 15.7 Å². The lowest BCUT2D eigenvalue weighted by atomic mass is 10.1. The topological polar surface area (TPSA) is 69.7 Å². The molecule has 0 aliphatic rings. The number of pyridine rings is 1. The van der Waals surface area contributed by atoms with Gasteiger partial charge in [-0.25, -0.2) is 4.39 Å². The Labute approximate surface area is 192 Å². The predicted octanol–water partition coefficient (Wildman–Crippen LogP) is 5.71. The van der Waals surface area contributed by atoms with Gasteiger partial charge in [0.25, 0.3) is 0 Å². The van der Waals surface area contributed by atoms with E-state index in [0.717, 1.165) is 30.3 Å². The van der Waals surface area contributed by atoms with E-state index in [4.69, 9.17) is 14.2 Å². The molecular formula is C24H20F4N2O4. The molecule has 1 aromatic heterocycles. The molecule has 178 valence electrons. The summed E-state index contributed by atoms with van der Waals surface area (Å²) in [5.74, 6) is -1.02. The SMILES string of the molecule is COCCOc1ccc(C(F)(F)F)cc1NC(=O)/C=C/c1ccc(Oc2cccnc2)c(F)c1. The molecule has 0 bridgehead atoms. The highest BCUT2D eigenvalue weighted by molar-refractivity contribution is 6.02. The highest BCUT2D eigenvalue weighted by Gasteiger charge is 2.31. The summed E-state index contributed by atoms with van der Waals surface area (Å²) in [5, 5.41) is 2.36. The van der Waals surface area contributed by atoms with E-state index in [2.05, 4.69) is 10.3 Å². The molecular weight excluding hydrogens is 456 g/mol. The molecule has 0 unspecified atom stereocenters. The zero-order valence-corrected chi connectivity index (χ0v) is 17.9. The van der Waals surface area contributed by atoms with Crippen molar-refractivity contribution in [1.29, 1.82) is 0 Å². The molecule has 2 aromatic carbocycles. The summed E-state index contributed by atoms with van der Waals surface area (Å²) in [7, 11) is 1.45. The minimum absolute atomic E-state index is 0.0311. The van der Waals surface area contributed by atoms with Gasteiger partial charge in [-0.3, -0.25) is 9.78 Å². The molecule has 0 spiro atoms. The molecule has 0 aliphatic heterocycles. The van der Waals surface area contributed by atoms with Gasteiger partial charge in [-0.15, -0.1) is 0 Å². The molecule has 34 heavy (non-hydrogen) atoms. The van der Waals surface area contributed by atoms with Crippen molar-refractivity contribution < 1.29 is 36.6 Å². The Kier molecular flexibility index (Phi) is 8.20. The molecule has 0 radical (unpaired) electrons. The number of amides is 1. The standard InChI is InChI=1S/C24H20F4N2O4/c1-32-11-12-33-22-8-6-17(24(26,27)28)14-20(22)30-23(31)9-5-16-4-7-21(19(25)13-16)34-18-3-2-10-29-15-18/h2-10,13-15H,11-12H2,1H3,(H,30,31)/b9-5+. The van der Waals surface area contributed by atoms with Crippen molar-refractivity contribution in [3.8, 4) is 17.2 Å². The molecule has 0 fully saturated rings. The third-order valence-electron chi connectivity index (χ3n) is 4.36. The van der Waals surface area contributed by atoms with Crippen LogP contribution in [0.5, 0.6) is 17.2 Å². The Hall–Kier alpha value is -3.92. The Morgan fingerprint density at radius 1 is 1.09 bits per heavy atom. The van der Waals surface area contributed by atoms with Gasteiger partial charge in [0.2, 0.25) is 5.91 Å². The molecule has 6 nitrogen and oxygen atoms in total. The molecule has 0 saturated carbocycles. The van der Waals surface area contributed by atoms with Crippen LogP contribution < -0.4 is 14.8 Å². The number of alkyl halides is 3. The number of methoxy groups -OCH3 is 1. The van der Waals surface area contributed by atoms with Gasteiger partial charge in [0.05, 0.1) is 24.1 Å². The van der Waals surface area contributed by atoms with Crippen molar-refractivity contribution in [3.63, 3.8) is 0 Å². The molecule has 3 rings (SSSR count). The third kappa shape index (κ3) is 7.04. The monoisotopic (exact) mass is 476 g/mol. The zero-order chi connectivity index (χ0) is 24.6. The Morgan fingerprint density at radius 2 is 1.88 bits per heavy atom. The van der Waals surface area contributed by atoms with Gasteiger partial charge in [0, 0.05) is 19.4 Å². The number of nitrogens with one attached hydrogen (secondary N) is 1. The number of benzene rings is 2. The first-order valence-corrected chi connectivity index (χ1v) is 9.96. The number of hydrogen-bond acceptors (Lipinski definition) is 5. The second-order valence-corrected chi connectivity index (χ2v) is 6.85. The van der Waals surface area contributed by atoms with Gasteiger partial charge in [0.15, 0.2) is 11.6 Å². The number of hydrogen-bond donors (Lipinski definition) is 1. The van der Waals surface area contributed by atoms with Gasteiger partial charge in [-0.05, 0) is 54.1 Å². The van der Waals surface area contributed by atoms with Gasteiger partial charge in [0.1, 0.15) is 18.1 Å². The second-order valence-electron chi connectivity index (χ2n) is 6.85. The van der Waals surface area contributed by atoms with E-state index in [-0.39, 0.29) is 30.4 Å². The Balaban J connectivity index is 1.71. The van der Waals surface area contributed by atoms with Crippen molar-refractivity contribution in [3.05, 3.63) is 83.9 Å². The lowest BCUT2D eigenvalue weighted by Crippen LogP contribution is -2.13. The van der Waals surface area contributed by atoms with E-state index in [0.29, 0.717) is 11.3 Å². The number of aromatic nitrogens is 1. The summed E-state index contributed by atoms with van der Waals surface area (Å²) in [6.07, 6.45) is 0.757. The smallest absolute Gasteiger partial charge is 0.416 e. The molecule has 0 aliphatic carbocycles. The fraction of sp³-hybridized carbons (Fsp3) is 0.167. The van der Waals surface area contributed by atoms with E-state index >= 15 is 0 Å². The maximum Gasteiger partial charge on any atom is 0.416 e. The van der Waals surface area contributed by atoms with E-state index in [1.807, 2.05) is 0 Å². The summed E-state index contributed by atoms with van der Waals surface area (Å²) in [6.45, 7) is 0.285. The fourth-order valence-electron chi connectivity index (χ4n) is 2.75. The van der Waals surface area contributed by atoms with E-state index in [1.54, 1.807) is 18.3 Å². The number of nitrogens with zero attached hydrogens (tertiary/aromatic N) is 1. The summed E-state index contributed by atoms with van der Waals surface area (Å²) in [5.41, 5.74) is -0.768. The van der Waals surface area contributed by atoms with E-state index < -0.39 is 23.5 Å². The number of ether oxygens (including phenoxy) is 3. The number of carbonyl (C=O) groups is 1. The van der Waals surface area contributed by atoms with Gasteiger partial charge in [-0.2, -0.15) is 13.2 Å². The summed E-state index contributed by atoms with van der Waals surface area (Å²) < 4.78 is 69.3. The first-order chi connectivity index (χ1) is 16.3. The van der Waals surface area contributed by atoms with Crippen LogP contribution in [0.2, 0.25) is 0 Å². The highest BCUT2D eigenvalue weighted by atomic mass is 19.4. The minimum Gasteiger partial charge on any atom is -0.489 e. The summed E-state index contributed by atoms with van der Waals surface area (Å²) in [6, 6.07) is 10.1. The maximum absolute atomic E-state index is 14.4. The first-order valence-electron chi connectivity index (χ1n) is 9.96. The number of carbonyl (C=O) groups excluding carboxylic acids is 1. The van der Waals surface area contributed by atoms with Gasteiger partial charge >= 0.3 is 6.18 Å². The highest BCUT2D eigenvalue weighted by Crippen LogP contribution is 2.35. The molecule has 1 heterocycles. The molecule has 0 atom stereocenters. The molecule has 3 aromatic rings. The van der Waals surface area contributed by atoms with Crippen molar-refractivity contribution in [2.75, 3.05) is 25.6 Å². The van der Waals surface area contributed by atoms with Gasteiger partial charge in [-0.1, -0.05) is 6.07 Å². The normalized spacial score (nSPS) is 11.4. The van der Waals surface area contributed by atoms with Crippen molar-refractivity contribution in [1.82, 2.24) is 4.98 Å². The van der Waals surface area contributed by atoms with Crippen molar-refractivity contribution >= 4 is 17.7 Å². The average Bonchev–Trinajstić information content (AvgIpc) is 2.80.